The highest BCUT2D eigenvalue weighted by molar-refractivity contribution is 14.0. The lowest BCUT2D eigenvalue weighted by atomic mass is 9.74. The van der Waals surface area contributed by atoms with E-state index < -0.39 is 0 Å². The van der Waals surface area contributed by atoms with Crippen molar-refractivity contribution in [2.75, 3.05) is 32.8 Å². The van der Waals surface area contributed by atoms with Gasteiger partial charge in [-0.25, -0.2) is 8.78 Å². The Bertz CT molecular complexity index is 791. The van der Waals surface area contributed by atoms with Gasteiger partial charge in [0.1, 0.15) is 11.6 Å². The van der Waals surface area contributed by atoms with Gasteiger partial charge in [0.2, 0.25) is 0 Å². The Labute approximate surface area is 194 Å². The molecule has 0 amide bonds. The van der Waals surface area contributed by atoms with E-state index in [-0.39, 0.29) is 41.0 Å². The highest BCUT2D eigenvalue weighted by Gasteiger charge is 2.34. The predicted molar refractivity (Wildman–Crippen MR) is 128 cm³/mol. The molecule has 30 heavy (non-hydrogen) atoms. The van der Waals surface area contributed by atoms with E-state index >= 15 is 0 Å². The Hall–Kier alpha value is -1.74. The molecule has 1 aliphatic heterocycles. The molecule has 1 aliphatic rings. The molecule has 0 unspecified atom stereocenters. The predicted octanol–water partition coefficient (Wildman–Crippen LogP) is 4.43. The van der Waals surface area contributed by atoms with Crippen molar-refractivity contribution in [3.05, 3.63) is 71.3 Å². The van der Waals surface area contributed by atoms with Crippen LogP contribution in [0.3, 0.4) is 0 Å². The Morgan fingerprint density at radius 1 is 0.967 bits per heavy atom. The maximum absolute atomic E-state index is 13.4. The van der Waals surface area contributed by atoms with Crippen LogP contribution in [0.4, 0.5) is 8.78 Å². The zero-order valence-electron chi connectivity index (χ0n) is 17.3. The van der Waals surface area contributed by atoms with Crippen LogP contribution in [-0.2, 0) is 16.6 Å². The smallest absolute Gasteiger partial charge is 0.191 e. The summed E-state index contributed by atoms with van der Waals surface area (Å²) in [6, 6.07) is 13.3. The van der Waals surface area contributed by atoms with E-state index in [1.165, 1.54) is 24.3 Å². The average molecular weight is 529 g/mol. The van der Waals surface area contributed by atoms with Gasteiger partial charge in [-0.1, -0.05) is 24.3 Å². The standard InChI is InChI=1S/C23H29F2N3O.HI/c1-2-26-22(27-14-11-18-3-7-20(24)8-4-18)28-17-23(12-15-29-16-13-23)19-5-9-21(25)10-6-19;/h3-10H,2,11-17H2,1H3,(H2,26,27,28);1H. The van der Waals surface area contributed by atoms with Crippen LogP contribution in [0.1, 0.15) is 30.9 Å². The Morgan fingerprint density at radius 2 is 1.57 bits per heavy atom. The second-order valence-corrected chi connectivity index (χ2v) is 7.40. The first kappa shape index (κ1) is 24.5. The van der Waals surface area contributed by atoms with Crippen molar-refractivity contribution in [1.29, 1.82) is 0 Å². The third-order valence-electron chi connectivity index (χ3n) is 5.41. The summed E-state index contributed by atoms with van der Waals surface area (Å²) in [5.41, 5.74) is 2.03. The van der Waals surface area contributed by atoms with Gasteiger partial charge in [0, 0.05) is 31.7 Å². The molecule has 1 fully saturated rings. The molecule has 0 aromatic heterocycles. The van der Waals surface area contributed by atoms with E-state index in [1.807, 2.05) is 19.1 Å². The molecule has 1 saturated heterocycles. The number of rotatable bonds is 7. The molecule has 2 N–H and O–H groups in total. The fraction of sp³-hybridized carbons (Fsp3) is 0.435. The van der Waals surface area contributed by atoms with Crippen LogP contribution in [-0.4, -0.2) is 38.8 Å². The van der Waals surface area contributed by atoms with Gasteiger partial charge >= 0.3 is 0 Å². The zero-order chi connectivity index (χ0) is 20.5. The fourth-order valence-electron chi connectivity index (χ4n) is 3.65. The number of hydrogen-bond donors (Lipinski definition) is 2. The van der Waals surface area contributed by atoms with Crippen LogP contribution >= 0.6 is 24.0 Å². The molecular formula is C23H30F2IN3O. The van der Waals surface area contributed by atoms with Crippen molar-refractivity contribution < 1.29 is 13.5 Å². The van der Waals surface area contributed by atoms with Gasteiger partial charge in [-0.05, 0) is 61.6 Å². The van der Waals surface area contributed by atoms with Gasteiger partial charge in [-0.2, -0.15) is 0 Å². The summed E-state index contributed by atoms with van der Waals surface area (Å²) >= 11 is 0. The van der Waals surface area contributed by atoms with Crippen LogP contribution in [0.25, 0.3) is 0 Å². The average Bonchev–Trinajstić information content (AvgIpc) is 2.74. The lowest BCUT2D eigenvalue weighted by Gasteiger charge is -2.36. The summed E-state index contributed by atoms with van der Waals surface area (Å²) in [5, 5.41) is 6.64. The van der Waals surface area contributed by atoms with Gasteiger partial charge < -0.3 is 15.4 Å². The van der Waals surface area contributed by atoms with E-state index in [4.69, 9.17) is 9.73 Å². The molecule has 0 radical (unpaired) electrons. The van der Waals surface area contributed by atoms with Crippen LogP contribution < -0.4 is 10.6 Å². The number of hydrogen-bond acceptors (Lipinski definition) is 2. The first-order valence-electron chi connectivity index (χ1n) is 10.2. The maximum atomic E-state index is 13.4. The monoisotopic (exact) mass is 529 g/mol. The maximum Gasteiger partial charge on any atom is 0.191 e. The van der Waals surface area contributed by atoms with Crippen LogP contribution in [0.2, 0.25) is 0 Å². The molecule has 0 saturated carbocycles. The molecule has 164 valence electrons. The summed E-state index contributed by atoms with van der Waals surface area (Å²) in [4.78, 5) is 4.84. The molecule has 2 aromatic rings. The van der Waals surface area contributed by atoms with Gasteiger partial charge in [0.05, 0.1) is 6.54 Å². The second-order valence-electron chi connectivity index (χ2n) is 7.40. The molecular weight excluding hydrogens is 499 g/mol. The van der Waals surface area contributed by atoms with Crippen molar-refractivity contribution in [3.63, 3.8) is 0 Å². The van der Waals surface area contributed by atoms with E-state index in [1.54, 1.807) is 12.1 Å². The van der Waals surface area contributed by atoms with Crippen LogP contribution in [0.15, 0.2) is 53.5 Å². The summed E-state index contributed by atoms with van der Waals surface area (Å²) in [6.07, 6.45) is 2.50. The topological polar surface area (TPSA) is 45.7 Å². The lowest BCUT2D eigenvalue weighted by molar-refractivity contribution is 0.0531. The Kier molecular flexibility index (Phi) is 9.97. The van der Waals surface area contributed by atoms with Crippen molar-refractivity contribution in [3.8, 4) is 0 Å². The van der Waals surface area contributed by atoms with Crippen LogP contribution in [0.5, 0.6) is 0 Å². The summed E-state index contributed by atoms with van der Waals surface area (Å²) in [5.74, 6) is 0.303. The summed E-state index contributed by atoms with van der Waals surface area (Å²) < 4.78 is 32.0. The number of nitrogens with one attached hydrogen (secondary N) is 2. The number of benzene rings is 2. The molecule has 7 heteroatoms. The zero-order valence-corrected chi connectivity index (χ0v) is 19.6. The highest BCUT2D eigenvalue weighted by Crippen LogP contribution is 2.35. The molecule has 0 aliphatic carbocycles. The Morgan fingerprint density at radius 3 is 2.17 bits per heavy atom. The number of aliphatic imine (C=N–C) groups is 1. The van der Waals surface area contributed by atoms with E-state index in [0.717, 1.165) is 42.9 Å². The van der Waals surface area contributed by atoms with E-state index in [0.29, 0.717) is 26.3 Å². The minimum absolute atomic E-state index is 0. The Balaban J connectivity index is 0.00000320. The fourth-order valence-corrected chi connectivity index (χ4v) is 3.65. The van der Waals surface area contributed by atoms with Gasteiger partial charge in [-0.3, -0.25) is 4.99 Å². The van der Waals surface area contributed by atoms with Crippen molar-refractivity contribution in [1.82, 2.24) is 10.6 Å². The SMILES string of the molecule is CCNC(=NCC1(c2ccc(F)cc2)CCOCC1)NCCc1ccc(F)cc1.I. The summed E-state index contributed by atoms with van der Waals surface area (Å²) in [7, 11) is 0. The normalized spacial score (nSPS) is 15.9. The molecule has 0 spiro atoms. The number of halogens is 3. The molecule has 2 aromatic carbocycles. The third-order valence-corrected chi connectivity index (χ3v) is 5.41. The molecule has 3 rings (SSSR count). The first-order valence-corrected chi connectivity index (χ1v) is 10.2. The van der Waals surface area contributed by atoms with E-state index in [9.17, 15) is 8.78 Å². The first-order chi connectivity index (χ1) is 14.1. The van der Waals surface area contributed by atoms with E-state index in [2.05, 4.69) is 10.6 Å². The number of ether oxygens (including phenoxy) is 1. The molecule has 0 atom stereocenters. The molecule has 4 nitrogen and oxygen atoms in total. The highest BCUT2D eigenvalue weighted by atomic mass is 127. The van der Waals surface area contributed by atoms with Crippen molar-refractivity contribution >= 4 is 29.9 Å². The minimum Gasteiger partial charge on any atom is -0.381 e. The van der Waals surface area contributed by atoms with Gasteiger partial charge in [0.25, 0.3) is 0 Å². The van der Waals surface area contributed by atoms with Crippen LogP contribution in [0, 0.1) is 11.6 Å². The second kappa shape index (κ2) is 12.2. The van der Waals surface area contributed by atoms with Crippen molar-refractivity contribution in [2.24, 2.45) is 4.99 Å². The quantitative estimate of drug-likeness (QED) is 0.317. The third kappa shape index (κ3) is 6.91. The lowest BCUT2D eigenvalue weighted by Crippen LogP contribution is -2.41. The summed E-state index contributed by atoms with van der Waals surface area (Å²) in [6.45, 7) is 5.46. The van der Waals surface area contributed by atoms with Crippen molar-refractivity contribution in [2.45, 2.75) is 31.6 Å². The minimum atomic E-state index is -0.227. The molecule has 0 bridgehead atoms. The number of nitrogens with zero attached hydrogens (tertiary/aromatic N) is 1. The van der Waals surface area contributed by atoms with Gasteiger partial charge in [0.15, 0.2) is 5.96 Å². The van der Waals surface area contributed by atoms with Gasteiger partial charge in [-0.15, -0.1) is 24.0 Å². The molecule has 1 heterocycles. The number of guanidine groups is 1. The largest absolute Gasteiger partial charge is 0.381 e.